The van der Waals surface area contributed by atoms with Crippen LogP contribution in [0.1, 0.15) is 38.2 Å². The van der Waals surface area contributed by atoms with Crippen LogP contribution in [0.15, 0.2) is 24.3 Å². The SMILES string of the molecule is CCCC(C#N)Nc1ccc(CCCC#N)cc1. The third kappa shape index (κ3) is 4.89. The molecule has 1 atom stereocenters. The molecule has 0 heterocycles. The number of nitrogens with zero attached hydrogens (tertiary/aromatic N) is 2. The first-order valence-electron chi connectivity index (χ1n) is 6.42. The molecule has 1 aromatic carbocycles. The lowest BCUT2D eigenvalue weighted by Gasteiger charge is -2.12. The van der Waals surface area contributed by atoms with E-state index in [0.29, 0.717) is 6.42 Å². The Morgan fingerprint density at radius 3 is 2.50 bits per heavy atom. The van der Waals surface area contributed by atoms with Gasteiger partial charge in [-0.05, 0) is 37.0 Å². The molecule has 0 aliphatic carbocycles. The fourth-order valence-electron chi connectivity index (χ4n) is 1.80. The maximum atomic E-state index is 8.97. The Morgan fingerprint density at radius 2 is 1.94 bits per heavy atom. The molecule has 0 fully saturated rings. The highest BCUT2D eigenvalue weighted by atomic mass is 14.9. The number of unbranched alkanes of at least 4 members (excludes halogenated alkanes) is 1. The standard InChI is InChI=1S/C15H19N3/c1-2-5-15(12-17)18-14-9-7-13(8-10-14)6-3-4-11-16/h7-10,15,18H,2-6H2,1H3. The van der Waals surface area contributed by atoms with Crippen molar-refractivity contribution in [1.29, 1.82) is 10.5 Å². The van der Waals surface area contributed by atoms with Crippen LogP contribution in [-0.4, -0.2) is 6.04 Å². The average Bonchev–Trinajstić information content (AvgIpc) is 2.40. The number of nitrogens with one attached hydrogen (secondary N) is 1. The number of nitriles is 2. The van der Waals surface area contributed by atoms with Crippen molar-refractivity contribution in [2.75, 3.05) is 5.32 Å². The van der Waals surface area contributed by atoms with Gasteiger partial charge in [-0.25, -0.2) is 0 Å². The Balaban J connectivity index is 2.50. The molecule has 1 unspecified atom stereocenters. The van der Waals surface area contributed by atoms with Crippen molar-refractivity contribution in [1.82, 2.24) is 0 Å². The van der Waals surface area contributed by atoms with E-state index in [1.807, 2.05) is 12.1 Å². The van der Waals surface area contributed by atoms with E-state index >= 15 is 0 Å². The van der Waals surface area contributed by atoms with E-state index in [-0.39, 0.29) is 6.04 Å². The highest BCUT2D eigenvalue weighted by Gasteiger charge is 2.05. The van der Waals surface area contributed by atoms with Crippen molar-refractivity contribution in [2.24, 2.45) is 0 Å². The summed E-state index contributed by atoms with van der Waals surface area (Å²) >= 11 is 0. The fourth-order valence-corrected chi connectivity index (χ4v) is 1.80. The summed E-state index contributed by atoms with van der Waals surface area (Å²) < 4.78 is 0. The predicted octanol–water partition coefficient (Wildman–Crippen LogP) is 3.64. The molecule has 0 aliphatic rings. The molecule has 0 radical (unpaired) electrons. The third-order valence-electron chi connectivity index (χ3n) is 2.78. The Morgan fingerprint density at radius 1 is 1.22 bits per heavy atom. The van der Waals surface area contributed by atoms with Gasteiger partial charge in [-0.3, -0.25) is 0 Å². The first-order chi connectivity index (χ1) is 8.80. The van der Waals surface area contributed by atoms with Gasteiger partial charge in [0.2, 0.25) is 0 Å². The molecular formula is C15H19N3. The minimum Gasteiger partial charge on any atom is -0.370 e. The molecule has 0 bridgehead atoms. The van der Waals surface area contributed by atoms with Gasteiger partial charge in [0, 0.05) is 12.1 Å². The van der Waals surface area contributed by atoms with Crippen molar-refractivity contribution in [2.45, 2.75) is 45.1 Å². The van der Waals surface area contributed by atoms with Crippen molar-refractivity contribution >= 4 is 5.69 Å². The lowest BCUT2D eigenvalue weighted by Crippen LogP contribution is -2.16. The van der Waals surface area contributed by atoms with Crippen LogP contribution < -0.4 is 5.32 Å². The van der Waals surface area contributed by atoms with Crippen molar-refractivity contribution in [3.63, 3.8) is 0 Å². The summed E-state index contributed by atoms with van der Waals surface area (Å²) in [5.74, 6) is 0. The Kier molecular flexibility index (Phi) is 6.36. The quantitative estimate of drug-likeness (QED) is 0.741. The molecule has 3 heteroatoms. The monoisotopic (exact) mass is 241 g/mol. The van der Waals surface area contributed by atoms with E-state index < -0.39 is 0 Å². The highest BCUT2D eigenvalue weighted by Crippen LogP contribution is 2.13. The molecular weight excluding hydrogens is 222 g/mol. The van der Waals surface area contributed by atoms with Crippen LogP contribution in [-0.2, 0) is 6.42 Å². The first-order valence-corrected chi connectivity index (χ1v) is 6.42. The summed E-state index contributed by atoms with van der Waals surface area (Å²) in [6.45, 7) is 2.07. The van der Waals surface area contributed by atoms with Crippen LogP contribution in [0, 0.1) is 22.7 Å². The Bertz CT molecular complexity index is 423. The third-order valence-corrected chi connectivity index (χ3v) is 2.78. The summed E-state index contributed by atoms with van der Waals surface area (Å²) in [4.78, 5) is 0. The molecule has 94 valence electrons. The highest BCUT2D eigenvalue weighted by molar-refractivity contribution is 5.46. The molecule has 18 heavy (non-hydrogen) atoms. The van der Waals surface area contributed by atoms with Gasteiger partial charge in [0.05, 0.1) is 12.1 Å². The molecule has 1 N–H and O–H groups in total. The second-order valence-electron chi connectivity index (χ2n) is 4.32. The number of hydrogen-bond donors (Lipinski definition) is 1. The molecule has 3 nitrogen and oxygen atoms in total. The van der Waals surface area contributed by atoms with Gasteiger partial charge in [-0.2, -0.15) is 10.5 Å². The molecule has 0 saturated carbocycles. The van der Waals surface area contributed by atoms with Crippen LogP contribution in [0.3, 0.4) is 0 Å². The first kappa shape index (κ1) is 14.1. The number of benzene rings is 1. The van der Waals surface area contributed by atoms with Gasteiger partial charge in [-0.15, -0.1) is 0 Å². The zero-order chi connectivity index (χ0) is 13.2. The van der Waals surface area contributed by atoms with Crippen LogP contribution >= 0.6 is 0 Å². The van der Waals surface area contributed by atoms with Gasteiger partial charge in [0.25, 0.3) is 0 Å². The van der Waals surface area contributed by atoms with Crippen molar-refractivity contribution in [3.05, 3.63) is 29.8 Å². The second kappa shape index (κ2) is 8.14. The Labute approximate surface area is 109 Å². The largest absolute Gasteiger partial charge is 0.370 e. The summed E-state index contributed by atoms with van der Waals surface area (Å²) in [6, 6.07) is 12.4. The fraction of sp³-hybridized carbons (Fsp3) is 0.467. The smallest absolute Gasteiger partial charge is 0.114 e. The molecule has 1 aromatic rings. The minimum atomic E-state index is -0.112. The molecule has 0 aliphatic heterocycles. The molecule has 0 aromatic heterocycles. The number of rotatable bonds is 7. The van der Waals surface area contributed by atoms with Crippen LogP contribution in [0.25, 0.3) is 0 Å². The molecule has 0 amide bonds. The van der Waals surface area contributed by atoms with E-state index in [1.165, 1.54) is 5.56 Å². The second-order valence-corrected chi connectivity index (χ2v) is 4.32. The van der Waals surface area contributed by atoms with E-state index in [9.17, 15) is 0 Å². The van der Waals surface area contributed by atoms with E-state index in [1.54, 1.807) is 0 Å². The summed E-state index contributed by atoms with van der Waals surface area (Å²) in [5, 5.41) is 20.7. The normalized spacial score (nSPS) is 11.3. The van der Waals surface area contributed by atoms with Crippen LogP contribution in [0.2, 0.25) is 0 Å². The minimum absolute atomic E-state index is 0.112. The van der Waals surface area contributed by atoms with Crippen molar-refractivity contribution in [3.8, 4) is 12.1 Å². The van der Waals surface area contributed by atoms with Gasteiger partial charge in [0.1, 0.15) is 6.04 Å². The number of anilines is 1. The van der Waals surface area contributed by atoms with Gasteiger partial charge >= 0.3 is 0 Å². The van der Waals surface area contributed by atoms with E-state index in [0.717, 1.165) is 31.4 Å². The topological polar surface area (TPSA) is 59.6 Å². The van der Waals surface area contributed by atoms with Gasteiger partial charge in [-0.1, -0.05) is 25.5 Å². The predicted molar refractivity (Wildman–Crippen MR) is 72.9 cm³/mol. The lowest BCUT2D eigenvalue weighted by molar-refractivity contribution is 0.748. The zero-order valence-electron chi connectivity index (χ0n) is 10.8. The van der Waals surface area contributed by atoms with E-state index in [2.05, 4.69) is 36.5 Å². The summed E-state index contributed by atoms with van der Waals surface area (Å²) in [6.07, 6.45) is 4.30. The molecule has 0 saturated heterocycles. The zero-order valence-corrected chi connectivity index (χ0v) is 10.8. The number of hydrogen-bond acceptors (Lipinski definition) is 3. The molecule has 0 spiro atoms. The summed E-state index contributed by atoms with van der Waals surface area (Å²) in [5.41, 5.74) is 2.22. The molecule has 1 rings (SSSR count). The Hall–Kier alpha value is -2.00. The van der Waals surface area contributed by atoms with Crippen LogP contribution in [0.5, 0.6) is 0 Å². The maximum Gasteiger partial charge on any atom is 0.114 e. The maximum absolute atomic E-state index is 8.97. The van der Waals surface area contributed by atoms with E-state index in [4.69, 9.17) is 10.5 Å². The summed E-state index contributed by atoms with van der Waals surface area (Å²) in [7, 11) is 0. The van der Waals surface area contributed by atoms with Crippen molar-refractivity contribution < 1.29 is 0 Å². The number of aryl methyl sites for hydroxylation is 1. The van der Waals surface area contributed by atoms with Gasteiger partial charge in [0.15, 0.2) is 0 Å². The van der Waals surface area contributed by atoms with Gasteiger partial charge < -0.3 is 5.32 Å². The lowest BCUT2D eigenvalue weighted by atomic mass is 10.1. The van der Waals surface area contributed by atoms with Crippen LogP contribution in [0.4, 0.5) is 5.69 Å². The average molecular weight is 241 g/mol.